The van der Waals surface area contributed by atoms with Crippen LogP contribution in [-0.2, 0) is 4.74 Å². The molecule has 1 spiro atoms. The number of pyridine rings is 1. The number of hydrogen-bond acceptors (Lipinski definition) is 9. The first-order valence-electron chi connectivity index (χ1n) is 12.7. The van der Waals surface area contributed by atoms with Crippen LogP contribution in [0.1, 0.15) is 39.7 Å². The summed E-state index contributed by atoms with van der Waals surface area (Å²) in [6.45, 7) is 10.0. The number of aromatic nitrogens is 5. The van der Waals surface area contributed by atoms with E-state index in [9.17, 15) is 9.50 Å². The second-order valence-electron chi connectivity index (χ2n) is 10.8. The predicted molar refractivity (Wildman–Crippen MR) is 136 cm³/mol. The number of anilines is 4. The van der Waals surface area contributed by atoms with Crippen LogP contribution < -0.4 is 15.1 Å². The summed E-state index contributed by atoms with van der Waals surface area (Å²) in [5, 5.41) is 19.5. The molecule has 11 heteroatoms. The van der Waals surface area contributed by atoms with Gasteiger partial charge in [-0.3, -0.25) is 4.68 Å². The Kier molecular flexibility index (Phi) is 5.52. The molecule has 36 heavy (non-hydrogen) atoms. The third-order valence-corrected chi connectivity index (χ3v) is 7.87. The average molecular weight is 497 g/mol. The maximum absolute atomic E-state index is 14.4. The van der Waals surface area contributed by atoms with Gasteiger partial charge in [-0.2, -0.15) is 10.1 Å². The minimum atomic E-state index is -1.36. The quantitative estimate of drug-likeness (QED) is 0.533. The van der Waals surface area contributed by atoms with Crippen LogP contribution in [0.3, 0.4) is 0 Å². The molecule has 0 aliphatic carbocycles. The highest BCUT2D eigenvalue weighted by Crippen LogP contribution is 2.42. The van der Waals surface area contributed by atoms with Gasteiger partial charge in [0.15, 0.2) is 5.82 Å². The molecule has 3 saturated heterocycles. The monoisotopic (exact) mass is 496 g/mol. The van der Waals surface area contributed by atoms with Crippen LogP contribution in [0.25, 0.3) is 10.9 Å². The van der Waals surface area contributed by atoms with Gasteiger partial charge in [-0.25, -0.2) is 14.4 Å². The van der Waals surface area contributed by atoms with E-state index in [1.54, 1.807) is 17.2 Å². The van der Waals surface area contributed by atoms with Crippen LogP contribution in [0.15, 0.2) is 24.5 Å². The van der Waals surface area contributed by atoms with Crippen molar-refractivity contribution in [3.05, 3.63) is 24.5 Å². The fourth-order valence-electron chi connectivity index (χ4n) is 5.20. The fourth-order valence-corrected chi connectivity index (χ4v) is 5.20. The molecule has 3 aliphatic rings. The Hall–Kier alpha value is -3.05. The van der Waals surface area contributed by atoms with Crippen LogP contribution >= 0.6 is 0 Å². The van der Waals surface area contributed by atoms with Crippen LogP contribution in [0.4, 0.5) is 27.8 Å². The number of piperidine rings is 1. The highest BCUT2D eigenvalue weighted by molar-refractivity contribution is 5.92. The van der Waals surface area contributed by atoms with Crippen molar-refractivity contribution < 1.29 is 14.2 Å². The van der Waals surface area contributed by atoms with E-state index < -0.39 is 11.8 Å². The molecule has 6 rings (SSSR count). The normalized spacial score (nSPS) is 26.1. The molecule has 3 aromatic rings. The Labute approximate surface area is 209 Å². The van der Waals surface area contributed by atoms with E-state index in [0.29, 0.717) is 36.0 Å². The maximum atomic E-state index is 14.4. The molecule has 0 saturated carbocycles. The molecule has 3 aliphatic heterocycles. The first kappa shape index (κ1) is 23.4. The third kappa shape index (κ3) is 3.94. The molecule has 0 radical (unpaired) electrons. The van der Waals surface area contributed by atoms with Crippen LogP contribution in [-0.4, -0.2) is 81.0 Å². The number of alkyl halides is 1. The number of hydrogen-bond donors (Lipinski definition) is 2. The molecule has 0 bridgehead atoms. The van der Waals surface area contributed by atoms with E-state index in [0.717, 1.165) is 49.4 Å². The number of rotatable bonds is 6. The van der Waals surface area contributed by atoms with Gasteiger partial charge >= 0.3 is 0 Å². The Bertz CT molecular complexity index is 1270. The summed E-state index contributed by atoms with van der Waals surface area (Å²) in [6, 6.07) is 4.02. The van der Waals surface area contributed by atoms with E-state index in [2.05, 4.69) is 43.7 Å². The summed E-state index contributed by atoms with van der Waals surface area (Å²) in [6.07, 6.45) is 3.45. The van der Waals surface area contributed by atoms with E-state index in [4.69, 9.17) is 9.84 Å². The zero-order valence-electron chi connectivity index (χ0n) is 21.0. The van der Waals surface area contributed by atoms with Crippen molar-refractivity contribution >= 4 is 34.3 Å². The van der Waals surface area contributed by atoms with Crippen molar-refractivity contribution in [3.63, 3.8) is 0 Å². The standard InChI is InChI=1S/C25H33FN8O2/c1-4-16(2)34-18-9-21(28-10-17(18)22(31-34)33-12-25(13-33)14-36-15-25)29-20-5-7-27-23(30-20)32-8-6-24(3,35)19(26)11-32/h5,7,9-10,16,19,35H,4,6,8,11-15H2,1-3H3,(H,27,28,29,30)/t16-,19?,24?/m0/s1. The van der Waals surface area contributed by atoms with Crippen molar-refractivity contribution in [1.82, 2.24) is 24.7 Å². The average Bonchev–Trinajstić information content (AvgIpc) is 3.17. The van der Waals surface area contributed by atoms with Crippen molar-refractivity contribution in [2.75, 3.05) is 54.5 Å². The minimum absolute atomic E-state index is 0.0570. The lowest BCUT2D eigenvalue weighted by Crippen LogP contribution is -2.66. The molecule has 3 atom stereocenters. The predicted octanol–water partition coefficient (Wildman–Crippen LogP) is 3.07. The topological polar surface area (TPSA) is 104 Å². The molecule has 3 fully saturated rings. The number of halogens is 1. The Morgan fingerprint density at radius 3 is 2.75 bits per heavy atom. The number of ether oxygens (including phenoxy) is 1. The van der Waals surface area contributed by atoms with Gasteiger partial charge in [-0.15, -0.1) is 0 Å². The van der Waals surface area contributed by atoms with Crippen LogP contribution in [0, 0.1) is 5.41 Å². The third-order valence-electron chi connectivity index (χ3n) is 7.87. The molecular formula is C25H33FN8O2. The van der Waals surface area contributed by atoms with Gasteiger partial charge in [0.2, 0.25) is 5.95 Å². The van der Waals surface area contributed by atoms with E-state index in [1.165, 1.54) is 6.92 Å². The Morgan fingerprint density at radius 2 is 2.06 bits per heavy atom. The molecule has 2 unspecified atom stereocenters. The summed E-state index contributed by atoms with van der Waals surface area (Å²) >= 11 is 0. The Balaban J connectivity index is 1.25. The zero-order valence-corrected chi connectivity index (χ0v) is 21.0. The number of nitrogens with one attached hydrogen (secondary N) is 1. The van der Waals surface area contributed by atoms with Crippen molar-refractivity contribution in [2.45, 2.75) is 51.4 Å². The highest BCUT2D eigenvalue weighted by Gasteiger charge is 2.50. The summed E-state index contributed by atoms with van der Waals surface area (Å²) in [7, 11) is 0. The molecule has 0 amide bonds. The molecule has 10 nitrogen and oxygen atoms in total. The molecule has 6 heterocycles. The van der Waals surface area contributed by atoms with E-state index in [1.807, 2.05) is 12.3 Å². The van der Waals surface area contributed by atoms with Gasteiger partial charge in [-0.05, 0) is 32.8 Å². The lowest BCUT2D eigenvalue weighted by Gasteiger charge is -2.55. The van der Waals surface area contributed by atoms with Crippen molar-refractivity contribution in [2.24, 2.45) is 5.41 Å². The fraction of sp³-hybridized carbons (Fsp3) is 0.600. The van der Waals surface area contributed by atoms with Gasteiger partial charge in [0.05, 0.1) is 41.7 Å². The Morgan fingerprint density at radius 1 is 1.25 bits per heavy atom. The number of nitrogens with zero attached hydrogens (tertiary/aromatic N) is 7. The summed E-state index contributed by atoms with van der Waals surface area (Å²) in [5.74, 6) is 2.63. The molecular weight excluding hydrogens is 463 g/mol. The van der Waals surface area contributed by atoms with Gasteiger partial charge in [0.1, 0.15) is 17.8 Å². The summed E-state index contributed by atoms with van der Waals surface area (Å²) in [4.78, 5) is 17.7. The number of fused-ring (bicyclic) bond motifs is 1. The summed E-state index contributed by atoms with van der Waals surface area (Å²) < 4.78 is 21.9. The zero-order chi connectivity index (χ0) is 25.1. The first-order chi connectivity index (χ1) is 17.3. The van der Waals surface area contributed by atoms with Crippen molar-refractivity contribution in [3.8, 4) is 0 Å². The largest absolute Gasteiger partial charge is 0.387 e. The van der Waals surface area contributed by atoms with Gasteiger partial charge in [-0.1, -0.05) is 6.92 Å². The van der Waals surface area contributed by atoms with Crippen molar-refractivity contribution in [1.29, 1.82) is 0 Å². The smallest absolute Gasteiger partial charge is 0.227 e. The van der Waals surface area contributed by atoms with E-state index in [-0.39, 0.29) is 12.6 Å². The molecule has 192 valence electrons. The van der Waals surface area contributed by atoms with Crippen LogP contribution in [0.5, 0.6) is 0 Å². The minimum Gasteiger partial charge on any atom is -0.387 e. The number of aliphatic hydroxyl groups is 1. The molecule has 2 N–H and O–H groups in total. The second kappa shape index (κ2) is 8.52. The summed E-state index contributed by atoms with van der Waals surface area (Å²) in [5.41, 5.74) is 0.0135. The van der Waals surface area contributed by atoms with Gasteiger partial charge in [0, 0.05) is 44.1 Å². The highest BCUT2D eigenvalue weighted by atomic mass is 19.1. The van der Waals surface area contributed by atoms with Gasteiger partial charge in [0.25, 0.3) is 0 Å². The molecule has 3 aromatic heterocycles. The van der Waals surface area contributed by atoms with E-state index >= 15 is 0 Å². The SMILES string of the molecule is CC[C@H](C)n1nc(N2CC3(COC3)C2)c2cnc(Nc3ccnc(N4CCC(C)(O)C(F)C4)n3)cc21. The first-order valence-corrected chi connectivity index (χ1v) is 12.7. The molecule has 0 aromatic carbocycles. The van der Waals surface area contributed by atoms with Gasteiger partial charge < -0.3 is 25.0 Å². The maximum Gasteiger partial charge on any atom is 0.227 e. The van der Waals surface area contributed by atoms with Crippen LogP contribution in [0.2, 0.25) is 0 Å². The lowest BCUT2D eigenvalue weighted by molar-refractivity contribution is -0.127. The lowest BCUT2D eigenvalue weighted by atomic mass is 9.78. The second-order valence-corrected chi connectivity index (χ2v) is 10.8.